The van der Waals surface area contributed by atoms with Gasteiger partial charge < -0.3 is 24.4 Å². The van der Waals surface area contributed by atoms with Crippen LogP contribution in [0.1, 0.15) is 41.5 Å². The highest BCUT2D eigenvalue weighted by molar-refractivity contribution is 6.80. The van der Waals surface area contributed by atoms with E-state index in [1.807, 2.05) is 0 Å². The maximum Gasteiger partial charge on any atom is 0.161 e. The number of anilines is 6. The third-order valence-corrected chi connectivity index (χ3v) is 23.3. The normalized spacial score (nSPS) is 12.9. The van der Waals surface area contributed by atoms with E-state index in [9.17, 15) is 0 Å². The summed E-state index contributed by atoms with van der Waals surface area (Å²) in [5, 5.41) is 16.7. The number of benzene rings is 6. The largest absolute Gasteiger partial charge is 0.368 e. The molecule has 0 unspecified atom stereocenters. The van der Waals surface area contributed by atoms with Crippen molar-refractivity contribution in [3.05, 3.63) is 133 Å². The van der Waals surface area contributed by atoms with Crippen LogP contribution in [-0.4, -0.2) is 24.9 Å². The summed E-state index contributed by atoms with van der Waals surface area (Å²) in [5.41, 5.74) is 11.7. The molecule has 55 heavy (non-hydrogen) atoms. The van der Waals surface area contributed by atoms with Crippen molar-refractivity contribution >= 4 is 94.2 Å². The molecule has 0 amide bonds. The van der Waals surface area contributed by atoms with Gasteiger partial charge >= 0.3 is 0 Å². The lowest BCUT2D eigenvalue weighted by Crippen LogP contribution is -2.45. The van der Waals surface area contributed by atoms with E-state index >= 15 is 0 Å². The topological polar surface area (TPSA) is 46.0 Å². The summed E-state index contributed by atoms with van der Waals surface area (Å²) in [6.07, 6.45) is 0. The Morgan fingerprint density at radius 2 is 0.618 bits per heavy atom. The Hall–Kier alpha value is -5.25. The van der Waals surface area contributed by atoms with E-state index in [1.54, 1.807) is 0 Å². The molecule has 7 heteroatoms. The first-order valence-corrected chi connectivity index (χ1v) is 25.5. The van der Waals surface area contributed by atoms with Crippen LogP contribution in [0.4, 0.5) is 34.1 Å². The van der Waals surface area contributed by atoms with Crippen molar-refractivity contribution in [2.45, 2.75) is 77.8 Å². The van der Waals surface area contributed by atoms with Crippen LogP contribution in [0.15, 0.2) is 133 Å². The molecule has 8 rings (SSSR count). The van der Waals surface area contributed by atoms with Gasteiger partial charge in [-0.3, -0.25) is 0 Å². The van der Waals surface area contributed by atoms with Crippen LogP contribution < -0.4 is 16.0 Å². The van der Waals surface area contributed by atoms with E-state index in [0.29, 0.717) is 0 Å². The van der Waals surface area contributed by atoms with Crippen molar-refractivity contribution in [3.63, 3.8) is 0 Å². The molecule has 3 N–H and O–H groups in total. The van der Waals surface area contributed by atoms with Crippen LogP contribution in [0.3, 0.4) is 0 Å². The van der Waals surface area contributed by atoms with Gasteiger partial charge in [0, 0.05) is 77.7 Å². The van der Waals surface area contributed by atoms with E-state index in [1.165, 1.54) is 43.6 Å². The van der Waals surface area contributed by atoms with E-state index in [2.05, 4.69) is 226 Å². The predicted molar refractivity (Wildman–Crippen MR) is 247 cm³/mol. The first-order chi connectivity index (χ1) is 26.0. The van der Waals surface area contributed by atoms with Crippen LogP contribution in [0.5, 0.6) is 0 Å². The molecule has 0 saturated carbocycles. The minimum atomic E-state index is -1.89. The standard InChI is InChI=1S/C48H55N5Si2/c1-47(2,3)54(7,8)52-43-17-13-11-15-39(43)41-29-27-37(31-45(41)52)50-35-23-19-33(20-24-35)49-34-21-25-36(26-22-34)51-38-28-30-42-40-16-12-14-18-44(40)53(46(42)32-38)55(9,10)48(4,5)6/h11-32,49-51H,1-10H3. The molecule has 280 valence electrons. The Morgan fingerprint density at radius 1 is 0.345 bits per heavy atom. The zero-order valence-corrected chi connectivity index (χ0v) is 36.1. The molecule has 2 aromatic heterocycles. The molecule has 0 aliphatic heterocycles. The summed E-state index contributed by atoms with van der Waals surface area (Å²) < 4.78 is 5.34. The Morgan fingerprint density at radius 3 is 0.945 bits per heavy atom. The maximum atomic E-state index is 3.68. The second kappa shape index (κ2) is 13.2. The fourth-order valence-corrected chi connectivity index (χ4v) is 12.3. The second-order valence-electron chi connectivity index (χ2n) is 18.3. The van der Waals surface area contributed by atoms with Crippen molar-refractivity contribution in [1.29, 1.82) is 0 Å². The van der Waals surface area contributed by atoms with Crippen LogP contribution in [0, 0.1) is 0 Å². The number of hydrogen-bond acceptors (Lipinski definition) is 3. The molecule has 5 nitrogen and oxygen atoms in total. The van der Waals surface area contributed by atoms with Crippen molar-refractivity contribution in [3.8, 4) is 0 Å². The van der Waals surface area contributed by atoms with E-state index in [-0.39, 0.29) is 10.1 Å². The van der Waals surface area contributed by atoms with Crippen LogP contribution in [-0.2, 0) is 0 Å². The zero-order chi connectivity index (χ0) is 38.9. The number of fused-ring (bicyclic) bond motifs is 6. The van der Waals surface area contributed by atoms with E-state index < -0.39 is 16.5 Å². The van der Waals surface area contributed by atoms with Gasteiger partial charge in [0.25, 0.3) is 0 Å². The lowest BCUT2D eigenvalue weighted by Gasteiger charge is -2.39. The first-order valence-electron chi connectivity index (χ1n) is 19.6. The molecule has 0 fully saturated rings. The number of para-hydroxylation sites is 2. The lowest BCUT2D eigenvalue weighted by atomic mass is 10.1. The first kappa shape index (κ1) is 36.7. The Kier molecular flexibility index (Phi) is 8.82. The Labute approximate surface area is 328 Å². The van der Waals surface area contributed by atoms with Crippen LogP contribution in [0.2, 0.25) is 36.3 Å². The SMILES string of the molecule is CC(C)(C)[Si](C)(C)n1c2ccccc2c2ccc(Nc3ccc(Nc4ccc(Nc5ccc6c7ccccc7n([Si](C)(C)C(C)(C)C)c6c5)cc4)cc3)cc21. The molecule has 0 saturated heterocycles. The van der Waals surface area contributed by atoms with Gasteiger partial charge in [0.05, 0.1) is 0 Å². The van der Waals surface area contributed by atoms with E-state index in [0.717, 1.165) is 34.1 Å². The smallest absolute Gasteiger partial charge is 0.161 e. The number of rotatable bonds is 8. The highest BCUT2D eigenvalue weighted by Crippen LogP contribution is 2.44. The average molecular weight is 758 g/mol. The van der Waals surface area contributed by atoms with Crippen molar-refractivity contribution < 1.29 is 0 Å². The van der Waals surface area contributed by atoms with Crippen molar-refractivity contribution in [1.82, 2.24) is 8.47 Å². The minimum absolute atomic E-state index is 0.202. The number of aromatic nitrogens is 2. The number of hydrogen-bond donors (Lipinski definition) is 3. The van der Waals surface area contributed by atoms with Gasteiger partial charge in [-0.1, -0.05) is 116 Å². The number of nitrogens with one attached hydrogen (secondary N) is 3. The summed E-state index contributed by atoms with van der Waals surface area (Å²) in [6.45, 7) is 24.3. The van der Waals surface area contributed by atoms with Crippen LogP contribution >= 0.6 is 0 Å². The zero-order valence-electron chi connectivity index (χ0n) is 34.1. The minimum Gasteiger partial charge on any atom is -0.368 e. The average Bonchev–Trinajstić information content (AvgIpc) is 3.65. The molecule has 0 bridgehead atoms. The van der Waals surface area contributed by atoms with Gasteiger partial charge in [-0.15, -0.1) is 0 Å². The highest BCUT2D eigenvalue weighted by atomic mass is 28.3. The third kappa shape index (κ3) is 6.43. The van der Waals surface area contributed by atoms with Gasteiger partial charge in [-0.25, -0.2) is 0 Å². The molecule has 0 radical (unpaired) electrons. The quantitative estimate of drug-likeness (QED) is 0.135. The molecule has 0 aliphatic carbocycles. The molecular formula is C48H55N5Si2. The summed E-state index contributed by atoms with van der Waals surface area (Å²) in [5.74, 6) is 0. The highest BCUT2D eigenvalue weighted by Gasteiger charge is 2.40. The van der Waals surface area contributed by atoms with Crippen molar-refractivity contribution in [2.75, 3.05) is 16.0 Å². The predicted octanol–water partition coefficient (Wildman–Crippen LogP) is 14.8. The van der Waals surface area contributed by atoms with Gasteiger partial charge in [0.2, 0.25) is 0 Å². The molecular weight excluding hydrogens is 703 g/mol. The van der Waals surface area contributed by atoms with Gasteiger partial charge in [0.15, 0.2) is 16.5 Å². The van der Waals surface area contributed by atoms with E-state index in [4.69, 9.17) is 0 Å². The summed E-state index contributed by atoms with van der Waals surface area (Å²) in [4.78, 5) is 0. The van der Waals surface area contributed by atoms with Crippen molar-refractivity contribution in [2.24, 2.45) is 0 Å². The monoisotopic (exact) mass is 757 g/mol. The molecule has 0 atom stereocenters. The van der Waals surface area contributed by atoms with Crippen LogP contribution in [0.25, 0.3) is 43.6 Å². The molecule has 2 heterocycles. The fourth-order valence-electron chi connectivity index (χ4n) is 7.75. The Bertz CT molecular complexity index is 2500. The summed E-state index contributed by atoms with van der Waals surface area (Å²) in [7, 11) is -3.79. The lowest BCUT2D eigenvalue weighted by molar-refractivity contribution is 0.705. The molecule has 0 aliphatic rings. The third-order valence-electron chi connectivity index (χ3n) is 12.8. The fraction of sp³-hybridized carbons (Fsp3) is 0.250. The molecule has 6 aromatic carbocycles. The number of nitrogens with zero attached hydrogens (tertiary/aromatic N) is 2. The summed E-state index contributed by atoms with van der Waals surface area (Å²) >= 11 is 0. The maximum absolute atomic E-state index is 3.68. The second-order valence-corrected chi connectivity index (χ2v) is 28.4. The van der Waals surface area contributed by atoms with Gasteiger partial charge in [-0.2, -0.15) is 0 Å². The molecule has 0 spiro atoms. The van der Waals surface area contributed by atoms with Gasteiger partial charge in [0.1, 0.15) is 0 Å². The summed E-state index contributed by atoms with van der Waals surface area (Å²) in [6, 6.07) is 48.5. The molecule has 8 aromatic rings. The Balaban J connectivity index is 0.988. The van der Waals surface area contributed by atoms with Gasteiger partial charge in [-0.05, 0) is 95.0 Å².